The fourth-order valence-electron chi connectivity index (χ4n) is 2.49. The van der Waals surface area contributed by atoms with E-state index in [1.165, 1.54) is 19.5 Å². The van der Waals surface area contributed by atoms with E-state index in [-0.39, 0.29) is 5.60 Å². The third-order valence-electron chi connectivity index (χ3n) is 3.26. The second-order valence-corrected chi connectivity index (χ2v) is 4.54. The van der Waals surface area contributed by atoms with Crippen molar-refractivity contribution in [2.24, 2.45) is 0 Å². The lowest BCUT2D eigenvalue weighted by Gasteiger charge is -2.38. The summed E-state index contributed by atoms with van der Waals surface area (Å²) >= 11 is 0. The first-order valence-corrected chi connectivity index (χ1v) is 5.29. The van der Waals surface area contributed by atoms with E-state index in [1.54, 1.807) is 0 Å². The number of ether oxygens (including phenoxy) is 1. The molecule has 0 saturated carbocycles. The van der Waals surface area contributed by atoms with Crippen LogP contribution in [0.15, 0.2) is 0 Å². The minimum atomic E-state index is 0.0668. The van der Waals surface area contributed by atoms with Gasteiger partial charge in [0.25, 0.3) is 0 Å². The van der Waals surface area contributed by atoms with E-state index in [9.17, 15) is 0 Å². The topological polar surface area (TPSA) is 24.5 Å². The van der Waals surface area contributed by atoms with Gasteiger partial charge in [0, 0.05) is 38.8 Å². The molecule has 2 saturated heterocycles. The normalized spacial score (nSPS) is 35.1. The van der Waals surface area contributed by atoms with Gasteiger partial charge < -0.3 is 10.1 Å². The van der Waals surface area contributed by atoms with Crippen LogP contribution in [0.3, 0.4) is 0 Å². The lowest BCUT2D eigenvalue weighted by molar-refractivity contribution is -0.0131. The molecule has 1 unspecified atom stereocenters. The monoisotopic (exact) mass is 184 g/mol. The molecule has 0 amide bonds. The summed E-state index contributed by atoms with van der Waals surface area (Å²) in [5, 5.41) is 3.38. The van der Waals surface area contributed by atoms with Crippen LogP contribution < -0.4 is 5.32 Å². The van der Waals surface area contributed by atoms with Gasteiger partial charge in [0.15, 0.2) is 0 Å². The molecular formula is C10H20N2O. The Morgan fingerprint density at radius 1 is 1.31 bits per heavy atom. The zero-order valence-corrected chi connectivity index (χ0v) is 8.68. The second-order valence-electron chi connectivity index (χ2n) is 4.54. The van der Waals surface area contributed by atoms with Crippen molar-refractivity contribution in [3.05, 3.63) is 0 Å². The molecule has 0 aromatic rings. The Bertz CT molecular complexity index is 176. The van der Waals surface area contributed by atoms with Crippen molar-refractivity contribution in [1.82, 2.24) is 10.2 Å². The molecule has 2 rings (SSSR count). The minimum absolute atomic E-state index is 0.0668. The molecule has 2 heterocycles. The average molecular weight is 184 g/mol. The smallest absolute Gasteiger partial charge is 0.0781 e. The van der Waals surface area contributed by atoms with Crippen LogP contribution >= 0.6 is 0 Å². The Morgan fingerprint density at radius 2 is 2.00 bits per heavy atom. The highest BCUT2D eigenvalue weighted by molar-refractivity contribution is 4.93. The molecule has 0 bridgehead atoms. The lowest BCUT2D eigenvalue weighted by Crippen LogP contribution is -2.53. The van der Waals surface area contributed by atoms with Crippen LogP contribution in [0.5, 0.6) is 0 Å². The number of piperazine rings is 1. The van der Waals surface area contributed by atoms with E-state index in [2.05, 4.69) is 24.1 Å². The van der Waals surface area contributed by atoms with Crippen molar-refractivity contribution in [1.29, 1.82) is 0 Å². The highest BCUT2D eigenvalue weighted by Gasteiger charge is 2.39. The standard InChI is InChI=1S/C10H20N2O/c1-10(2)9(3-8-13-10)12-6-4-11-5-7-12/h9,11H,3-8H2,1-2H3. The Hall–Kier alpha value is -0.120. The zero-order chi connectivity index (χ0) is 9.31. The van der Waals surface area contributed by atoms with E-state index in [0.717, 1.165) is 19.7 Å². The molecule has 13 heavy (non-hydrogen) atoms. The number of hydrogen-bond acceptors (Lipinski definition) is 3. The Morgan fingerprint density at radius 3 is 2.54 bits per heavy atom. The maximum absolute atomic E-state index is 5.74. The van der Waals surface area contributed by atoms with Gasteiger partial charge in [-0.25, -0.2) is 0 Å². The van der Waals surface area contributed by atoms with Gasteiger partial charge in [-0.2, -0.15) is 0 Å². The summed E-state index contributed by atoms with van der Waals surface area (Å²) in [6, 6.07) is 0.634. The van der Waals surface area contributed by atoms with Crippen molar-refractivity contribution in [2.45, 2.75) is 31.9 Å². The van der Waals surface area contributed by atoms with Crippen LogP contribution in [0.4, 0.5) is 0 Å². The predicted octanol–water partition coefficient (Wildman–Crippen LogP) is 0.459. The van der Waals surface area contributed by atoms with Crippen LogP contribution in [0, 0.1) is 0 Å². The minimum Gasteiger partial charge on any atom is -0.374 e. The average Bonchev–Trinajstić information content (AvgIpc) is 2.47. The molecule has 2 fully saturated rings. The number of rotatable bonds is 1. The van der Waals surface area contributed by atoms with Gasteiger partial charge in [-0.05, 0) is 20.3 Å². The second kappa shape index (κ2) is 3.56. The molecule has 76 valence electrons. The summed E-state index contributed by atoms with van der Waals surface area (Å²) in [6.07, 6.45) is 1.20. The van der Waals surface area contributed by atoms with Crippen LogP contribution in [0.25, 0.3) is 0 Å². The Labute approximate surface area is 80.4 Å². The summed E-state index contributed by atoms with van der Waals surface area (Å²) in [5.74, 6) is 0. The Balaban J connectivity index is 1.98. The van der Waals surface area contributed by atoms with Crippen LogP contribution in [-0.4, -0.2) is 49.3 Å². The van der Waals surface area contributed by atoms with Crippen molar-refractivity contribution in [3.63, 3.8) is 0 Å². The number of nitrogens with zero attached hydrogens (tertiary/aromatic N) is 1. The Kier molecular flexibility index (Phi) is 2.58. The van der Waals surface area contributed by atoms with E-state index < -0.39 is 0 Å². The highest BCUT2D eigenvalue weighted by atomic mass is 16.5. The zero-order valence-electron chi connectivity index (χ0n) is 8.68. The summed E-state index contributed by atoms with van der Waals surface area (Å²) < 4.78 is 5.74. The first-order valence-electron chi connectivity index (χ1n) is 5.29. The van der Waals surface area contributed by atoms with E-state index >= 15 is 0 Å². The summed E-state index contributed by atoms with van der Waals surface area (Å²) in [4.78, 5) is 2.57. The van der Waals surface area contributed by atoms with E-state index in [0.29, 0.717) is 6.04 Å². The van der Waals surface area contributed by atoms with Crippen molar-refractivity contribution >= 4 is 0 Å². The largest absolute Gasteiger partial charge is 0.374 e. The highest BCUT2D eigenvalue weighted by Crippen LogP contribution is 2.29. The number of hydrogen-bond donors (Lipinski definition) is 1. The molecule has 2 aliphatic heterocycles. The number of nitrogens with one attached hydrogen (secondary N) is 1. The van der Waals surface area contributed by atoms with Crippen LogP contribution in [0.1, 0.15) is 20.3 Å². The van der Waals surface area contributed by atoms with Gasteiger partial charge in [0.05, 0.1) is 5.60 Å². The molecular weight excluding hydrogens is 164 g/mol. The third kappa shape index (κ3) is 1.87. The van der Waals surface area contributed by atoms with Gasteiger partial charge >= 0.3 is 0 Å². The van der Waals surface area contributed by atoms with Crippen molar-refractivity contribution < 1.29 is 4.74 Å². The van der Waals surface area contributed by atoms with Gasteiger partial charge in [-0.1, -0.05) is 0 Å². The first kappa shape index (κ1) is 9.44. The van der Waals surface area contributed by atoms with Gasteiger partial charge in [0.2, 0.25) is 0 Å². The maximum atomic E-state index is 5.74. The predicted molar refractivity (Wildman–Crippen MR) is 52.9 cm³/mol. The van der Waals surface area contributed by atoms with Gasteiger partial charge in [0.1, 0.15) is 0 Å². The molecule has 3 nitrogen and oxygen atoms in total. The van der Waals surface area contributed by atoms with Crippen molar-refractivity contribution in [2.75, 3.05) is 32.8 Å². The fraction of sp³-hybridized carbons (Fsp3) is 1.00. The lowest BCUT2D eigenvalue weighted by atomic mass is 9.97. The van der Waals surface area contributed by atoms with Gasteiger partial charge in [-0.15, -0.1) is 0 Å². The fourth-order valence-corrected chi connectivity index (χ4v) is 2.49. The third-order valence-corrected chi connectivity index (χ3v) is 3.26. The van der Waals surface area contributed by atoms with Crippen molar-refractivity contribution in [3.8, 4) is 0 Å². The molecule has 1 N–H and O–H groups in total. The quantitative estimate of drug-likeness (QED) is 0.641. The van der Waals surface area contributed by atoms with E-state index in [1.807, 2.05) is 0 Å². The summed E-state index contributed by atoms with van der Waals surface area (Å²) in [7, 11) is 0. The molecule has 0 aromatic heterocycles. The van der Waals surface area contributed by atoms with Crippen LogP contribution in [0.2, 0.25) is 0 Å². The van der Waals surface area contributed by atoms with Crippen LogP contribution in [-0.2, 0) is 4.74 Å². The molecule has 0 aliphatic carbocycles. The maximum Gasteiger partial charge on any atom is 0.0781 e. The molecule has 0 aromatic carbocycles. The first-order chi connectivity index (χ1) is 6.20. The molecule has 0 spiro atoms. The molecule has 1 atom stereocenters. The molecule has 2 aliphatic rings. The van der Waals surface area contributed by atoms with Gasteiger partial charge in [-0.3, -0.25) is 4.90 Å². The van der Waals surface area contributed by atoms with E-state index in [4.69, 9.17) is 4.74 Å². The molecule has 0 radical (unpaired) electrons. The SMILES string of the molecule is CC1(C)OCCC1N1CCNCC1. The molecule has 3 heteroatoms. The summed E-state index contributed by atoms with van der Waals surface area (Å²) in [6.45, 7) is 9.98. The summed E-state index contributed by atoms with van der Waals surface area (Å²) in [5.41, 5.74) is 0.0668.